The number of anilines is 1. The second-order valence-corrected chi connectivity index (χ2v) is 7.29. The summed E-state index contributed by atoms with van der Waals surface area (Å²) >= 11 is 1.99. The van der Waals surface area contributed by atoms with Gasteiger partial charge in [0.15, 0.2) is 0 Å². The van der Waals surface area contributed by atoms with Gasteiger partial charge in [0.05, 0.1) is 6.54 Å². The molecule has 1 aliphatic rings. The third-order valence-electron chi connectivity index (χ3n) is 4.13. The first-order chi connectivity index (χ1) is 11.5. The first kappa shape index (κ1) is 18.8. The summed E-state index contributed by atoms with van der Waals surface area (Å²) in [6, 6.07) is 7.15. The second kappa shape index (κ2) is 9.05. The lowest BCUT2D eigenvalue weighted by molar-refractivity contribution is -0.142. The monoisotopic (exact) mass is 351 g/mol. The first-order valence-electron chi connectivity index (χ1n) is 8.07. The summed E-state index contributed by atoms with van der Waals surface area (Å²) in [6.45, 7) is 4.69. The maximum atomic E-state index is 12.1. The Morgan fingerprint density at radius 1 is 1.38 bits per heavy atom. The molecule has 1 aromatic rings. The fourth-order valence-electron chi connectivity index (χ4n) is 2.52. The molecule has 1 aliphatic heterocycles. The number of likely N-dealkylation sites (N-methyl/N-ethyl adjacent to an activating group) is 1. The molecule has 7 heteroatoms. The number of aliphatic carboxylic acids is 1. The van der Waals surface area contributed by atoms with Crippen LogP contribution in [0.15, 0.2) is 24.3 Å². The molecule has 132 valence electrons. The van der Waals surface area contributed by atoms with Crippen molar-refractivity contribution in [2.24, 2.45) is 0 Å². The summed E-state index contributed by atoms with van der Waals surface area (Å²) in [7, 11) is 1.63. The molecule has 1 atom stereocenters. The topological polar surface area (TPSA) is 72.9 Å². The Morgan fingerprint density at radius 3 is 2.75 bits per heavy atom. The quantitative estimate of drug-likeness (QED) is 0.777. The fraction of sp³-hybridized carbons (Fsp3) is 0.529. The van der Waals surface area contributed by atoms with Gasteiger partial charge in [0.1, 0.15) is 6.04 Å². The zero-order chi connectivity index (χ0) is 17.5. The number of carboxylic acids is 1. The molecule has 0 saturated carbocycles. The lowest BCUT2D eigenvalue weighted by Gasteiger charge is -2.26. The van der Waals surface area contributed by atoms with Crippen LogP contribution in [0.5, 0.6) is 0 Å². The lowest BCUT2D eigenvalue weighted by atomic mass is 10.2. The van der Waals surface area contributed by atoms with Crippen molar-refractivity contribution < 1.29 is 14.7 Å². The van der Waals surface area contributed by atoms with Crippen molar-refractivity contribution in [2.45, 2.75) is 19.5 Å². The van der Waals surface area contributed by atoms with Crippen molar-refractivity contribution in [2.75, 3.05) is 43.5 Å². The number of hydrogen-bond donors (Lipinski definition) is 2. The van der Waals surface area contributed by atoms with E-state index in [2.05, 4.69) is 16.3 Å². The van der Waals surface area contributed by atoms with E-state index in [0.29, 0.717) is 0 Å². The molecule has 1 unspecified atom stereocenters. The number of nitrogens with one attached hydrogen (secondary N) is 1. The Balaban J connectivity index is 1.88. The van der Waals surface area contributed by atoms with Crippen molar-refractivity contribution in [3.63, 3.8) is 0 Å². The lowest BCUT2D eigenvalue weighted by Crippen LogP contribution is -2.40. The van der Waals surface area contributed by atoms with Crippen LogP contribution in [0.1, 0.15) is 12.5 Å². The van der Waals surface area contributed by atoms with Gasteiger partial charge >= 0.3 is 5.97 Å². The van der Waals surface area contributed by atoms with Crippen molar-refractivity contribution in [1.82, 2.24) is 9.80 Å². The third-order valence-corrected chi connectivity index (χ3v) is 5.07. The molecule has 0 aromatic heterocycles. The number of carbonyl (C=O) groups excluding carboxylic acids is 1. The largest absolute Gasteiger partial charge is 0.480 e. The molecule has 0 bridgehead atoms. The number of amides is 1. The maximum absolute atomic E-state index is 12.1. The molecular formula is C17H25N3O3S. The second-order valence-electron chi connectivity index (χ2n) is 6.07. The van der Waals surface area contributed by atoms with Crippen LogP contribution in [0.2, 0.25) is 0 Å². The van der Waals surface area contributed by atoms with Gasteiger partial charge in [-0.25, -0.2) is 0 Å². The highest BCUT2D eigenvalue weighted by Gasteiger charge is 2.19. The molecule has 2 rings (SSSR count). The Kier molecular flexibility index (Phi) is 7.08. The van der Waals surface area contributed by atoms with E-state index in [0.717, 1.165) is 25.3 Å². The summed E-state index contributed by atoms with van der Waals surface area (Å²) < 4.78 is 0. The van der Waals surface area contributed by atoms with Crippen LogP contribution >= 0.6 is 11.8 Å². The van der Waals surface area contributed by atoms with Crippen LogP contribution in [-0.2, 0) is 16.1 Å². The van der Waals surface area contributed by atoms with Crippen molar-refractivity contribution in [1.29, 1.82) is 0 Å². The van der Waals surface area contributed by atoms with E-state index in [-0.39, 0.29) is 12.5 Å². The fourth-order valence-corrected chi connectivity index (χ4v) is 3.50. The predicted molar refractivity (Wildman–Crippen MR) is 97.4 cm³/mol. The first-order valence-corrected chi connectivity index (χ1v) is 9.23. The van der Waals surface area contributed by atoms with Crippen LogP contribution < -0.4 is 5.32 Å². The highest BCUT2D eigenvalue weighted by molar-refractivity contribution is 7.99. The standard InChI is InChI=1S/C17H25N3O3S/c1-13(17(22)23)19(2)12-16(21)18-15-5-3-4-14(10-15)11-20-6-8-24-9-7-20/h3-5,10,13H,6-9,11-12H2,1-2H3,(H,18,21)(H,22,23). The van der Waals surface area contributed by atoms with E-state index < -0.39 is 12.0 Å². The zero-order valence-corrected chi connectivity index (χ0v) is 15.0. The molecule has 0 aliphatic carbocycles. The molecule has 1 amide bonds. The number of rotatable bonds is 7. The number of hydrogen-bond acceptors (Lipinski definition) is 5. The number of carboxylic acid groups (broad SMARTS) is 1. The summed E-state index contributed by atoms with van der Waals surface area (Å²) in [6.07, 6.45) is 0. The van der Waals surface area contributed by atoms with Crippen molar-refractivity contribution in [3.05, 3.63) is 29.8 Å². The van der Waals surface area contributed by atoms with Crippen LogP contribution in [0.25, 0.3) is 0 Å². The number of carbonyl (C=O) groups is 2. The van der Waals surface area contributed by atoms with E-state index in [9.17, 15) is 9.59 Å². The minimum absolute atomic E-state index is 0.0427. The summed E-state index contributed by atoms with van der Waals surface area (Å²) in [5.74, 6) is 1.19. The smallest absolute Gasteiger partial charge is 0.320 e. The molecule has 0 spiro atoms. The van der Waals surface area contributed by atoms with E-state index in [4.69, 9.17) is 5.11 Å². The highest BCUT2D eigenvalue weighted by Crippen LogP contribution is 2.16. The highest BCUT2D eigenvalue weighted by atomic mass is 32.2. The minimum Gasteiger partial charge on any atom is -0.480 e. The van der Waals surface area contributed by atoms with Gasteiger partial charge in [0.2, 0.25) is 5.91 Å². The van der Waals surface area contributed by atoms with Crippen LogP contribution in [0, 0.1) is 0 Å². The molecular weight excluding hydrogens is 326 g/mol. The Hall–Kier alpha value is -1.57. The van der Waals surface area contributed by atoms with Crippen LogP contribution in [-0.4, -0.2) is 71.0 Å². The van der Waals surface area contributed by atoms with Gasteiger partial charge in [-0.05, 0) is 31.7 Å². The Bertz CT molecular complexity index is 576. The number of benzene rings is 1. The summed E-state index contributed by atoms with van der Waals surface area (Å²) in [4.78, 5) is 27.0. The predicted octanol–water partition coefficient (Wildman–Crippen LogP) is 1.58. The van der Waals surface area contributed by atoms with E-state index in [1.54, 1.807) is 14.0 Å². The molecule has 2 N–H and O–H groups in total. The van der Waals surface area contributed by atoms with Gasteiger partial charge in [-0.15, -0.1) is 0 Å². The summed E-state index contributed by atoms with van der Waals surface area (Å²) in [5, 5.41) is 11.8. The minimum atomic E-state index is -0.938. The molecule has 1 saturated heterocycles. The Labute approximate surface area is 147 Å². The average molecular weight is 351 g/mol. The van der Waals surface area contributed by atoms with Gasteiger partial charge in [-0.1, -0.05) is 12.1 Å². The van der Waals surface area contributed by atoms with Crippen molar-refractivity contribution >= 4 is 29.3 Å². The Morgan fingerprint density at radius 2 is 2.08 bits per heavy atom. The molecule has 24 heavy (non-hydrogen) atoms. The SMILES string of the molecule is CC(C(=O)O)N(C)CC(=O)Nc1cccc(CN2CCSCC2)c1. The van der Waals surface area contributed by atoms with E-state index in [1.165, 1.54) is 22.0 Å². The van der Waals surface area contributed by atoms with Gasteiger partial charge in [-0.3, -0.25) is 19.4 Å². The van der Waals surface area contributed by atoms with Crippen LogP contribution in [0.3, 0.4) is 0 Å². The zero-order valence-electron chi connectivity index (χ0n) is 14.2. The molecule has 1 heterocycles. The van der Waals surface area contributed by atoms with E-state index >= 15 is 0 Å². The average Bonchev–Trinajstić information content (AvgIpc) is 2.55. The molecule has 1 aromatic carbocycles. The molecule has 1 fully saturated rings. The van der Waals surface area contributed by atoms with Gasteiger partial charge < -0.3 is 10.4 Å². The molecule has 0 radical (unpaired) electrons. The molecule has 6 nitrogen and oxygen atoms in total. The third kappa shape index (κ3) is 5.81. The van der Waals surface area contributed by atoms with Crippen LogP contribution in [0.4, 0.5) is 5.69 Å². The number of thioether (sulfide) groups is 1. The number of nitrogens with zero attached hydrogens (tertiary/aromatic N) is 2. The van der Waals surface area contributed by atoms with Gasteiger partial charge in [0.25, 0.3) is 0 Å². The maximum Gasteiger partial charge on any atom is 0.320 e. The summed E-state index contributed by atoms with van der Waals surface area (Å²) in [5.41, 5.74) is 1.92. The van der Waals surface area contributed by atoms with Crippen molar-refractivity contribution in [3.8, 4) is 0 Å². The van der Waals surface area contributed by atoms with Gasteiger partial charge in [0, 0.05) is 36.8 Å². The normalized spacial score (nSPS) is 16.8. The van der Waals surface area contributed by atoms with E-state index in [1.807, 2.05) is 30.0 Å². The van der Waals surface area contributed by atoms with Gasteiger partial charge in [-0.2, -0.15) is 11.8 Å².